The van der Waals surface area contributed by atoms with E-state index in [-0.39, 0.29) is 17.5 Å². The average molecular weight is 482 g/mol. The van der Waals surface area contributed by atoms with Crippen LogP contribution in [-0.2, 0) is 10.0 Å². The number of aliphatic imine (C=N–C) groups is 1. The number of ether oxygens (including phenoxy) is 2. The second-order valence-corrected chi connectivity index (χ2v) is 10.1. The van der Waals surface area contributed by atoms with Crippen molar-refractivity contribution in [1.82, 2.24) is 9.21 Å². The van der Waals surface area contributed by atoms with Gasteiger partial charge in [0.15, 0.2) is 17.2 Å². The number of methoxy groups -OCH3 is 1. The molecule has 9 heteroatoms. The summed E-state index contributed by atoms with van der Waals surface area (Å²) in [4.78, 5) is 6.93. The molecule has 2 heterocycles. The largest absolute Gasteiger partial charge is 0.493 e. The Hall–Kier alpha value is -3.43. The van der Waals surface area contributed by atoms with E-state index in [1.807, 2.05) is 49.4 Å². The van der Waals surface area contributed by atoms with Gasteiger partial charge in [-0.2, -0.15) is 4.31 Å². The van der Waals surface area contributed by atoms with E-state index < -0.39 is 15.8 Å². The van der Waals surface area contributed by atoms with Crippen molar-refractivity contribution in [1.29, 1.82) is 0 Å². The predicted octanol–water partition coefficient (Wildman–Crippen LogP) is 4.41. The summed E-state index contributed by atoms with van der Waals surface area (Å²) in [5.74, 6) is 1.87. The number of hydrogen-bond donors (Lipinski definition) is 0. The summed E-state index contributed by atoms with van der Waals surface area (Å²) < 4.78 is 53.3. The minimum atomic E-state index is -3.83. The van der Waals surface area contributed by atoms with E-state index in [9.17, 15) is 12.8 Å². The third-order valence-electron chi connectivity index (χ3n) is 6.01. The number of piperazine rings is 1. The number of fused-ring (bicyclic) bond motifs is 2. The van der Waals surface area contributed by atoms with Crippen molar-refractivity contribution < 1.29 is 22.3 Å². The molecule has 2 aliphatic rings. The number of amidine groups is 1. The number of sulfonamides is 1. The number of hydrogen-bond acceptors (Lipinski definition) is 6. The molecule has 1 saturated heterocycles. The lowest BCUT2D eigenvalue weighted by Crippen LogP contribution is -2.55. The minimum Gasteiger partial charge on any atom is -0.493 e. The molecule has 0 aromatic heterocycles. The van der Waals surface area contributed by atoms with Crippen molar-refractivity contribution in [3.05, 3.63) is 78.1 Å². The smallest absolute Gasteiger partial charge is 0.243 e. The van der Waals surface area contributed by atoms with Crippen molar-refractivity contribution in [2.45, 2.75) is 17.9 Å². The maximum atomic E-state index is 13.7. The van der Waals surface area contributed by atoms with E-state index in [1.165, 1.54) is 22.5 Å². The van der Waals surface area contributed by atoms with Gasteiger partial charge in [-0.05, 0) is 49.4 Å². The van der Waals surface area contributed by atoms with Crippen molar-refractivity contribution in [2.75, 3.05) is 26.7 Å². The van der Waals surface area contributed by atoms with Gasteiger partial charge in [0.2, 0.25) is 10.0 Å². The Balaban J connectivity index is 1.50. The fourth-order valence-corrected chi connectivity index (χ4v) is 6.02. The molecule has 0 bridgehead atoms. The van der Waals surface area contributed by atoms with Gasteiger partial charge in [-0.15, -0.1) is 0 Å². The molecule has 3 aromatic rings. The highest BCUT2D eigenvalue weighted by Crippen LogP contribution is 2.43. The maximum Gasteiger partial charge on any atom is 0.243 e. The monoisotopic (exact) mass is 481 g/mol. The molecule has 176 valence electrons. The molecule has 5 rings (SSSR count). The molecule has 0 amide bonds. The second-order valence-electron chi connectivity index (χ2n) is 8.21. The van der Waals surface area contributed by atoms with Crippen LogP contribution >= 0.6 is 0 Å². The van der Waals surface area contributed by atoms with Crippen molar-refractivity contribution in [2.24, 2.45) is 4.99 Å². The molecule has 2 aliphatic heterocycles. The lowest BCUT2D eigenvalue weighted by molar-refractivity contribution is 0.205. The lowest BCUT2D eigenvalue weighted by atomic mass is 10.1. The Morgan fingerprint density at radius 2 is 1.85 bits per heavy atom. The zero-order valence-electron chi connectivity index (χ0n) is 18.8. The van der Waals surface area contributed by atoms with Crippen LogP contribution in [0.1, 0.15) is 12.5 Å². The van der Waals surface area contributed by atoms with Gasteiger partial charge in [0.25, 0.3) is 0 Å². The van der Waals surface area contributed by atoms with Crippen LogP contribution in [-0.4, -0.2) is 56.2 Å². The first-order chi connectivity index (χ1) is 16.4. The predicted molar refractivity (Wildman–Crippen MR) is 127 cm³/mol. The van der Waals surface area contributed by atoms with Crippen LogP contribution in [0, 0.1) is 5.82 Å². The van der Waals surface area contributed by atoms with Crippen LogP contribution in [0.15, 0.2) is 76.6 Å². The summed E-state index contributed by atoms with van der Waals surface area (Å²) >= 11 is 0. The maximum absolute atomic E-state index is 13.7. The zero-order valence-corrected chi connectivity index (χ0v) is 19.6. The summed E-state index contributed by atoms with van der Waals surface area (Å²) in [6.45, 7) is 2.90. The highest BCUT2D eigenvalue weighted by atomic mass is 32.2. The number of para-hydroxylation sites is 3. The SMILES string of the molecule is COc1cccc2c1Oc1ccccc1N=C2N1CCN(S(=O)(=O)c2cccc(F)c2)[C@H](C)C1. The van der Waals surface area contributed by atoms with Crippen LogP contribution in [0.5, 0.6) is 17.2 Å². The molecule has 3 aromatic carbocycles. The molecule has 1 atom stereocenters. The number of benzene rings is 3. The van der Waals surface area contributed by atoms with Gasteiger partial charge in [0.1, 0.15) is 17.3 Å². The van der Waals surface area contributed by atoms with E-state index in [0.717, 1.165) is 11.6 Å². The second kappa shape index (κ2) is 8.73. The van der Waals surface area contributed by atoms with E-state index in [2.05, 4.69) is 4.90 Å². The number of nitrogens with zero attached hydrogens (tertiary/aromatic N) is 3. The Bertz CT molecular complexity index is 1380. The Morgan fingerprint density at radius 3 is 2.62 bits per heavy atom. The number of rotatable bonds is 3. The third-order valence-corrected chi connectivity index (χ3v) is 8.02. The molecule has 0 unspecified atom stereocenters. The van der Waals surface area contributed by atoms with E-state index in [4.69, 9.17) is 14.5 Å². The Morgan fingerprint density at radius 1 is 1.06 bits per heavy atom. The minimum absolute atomic E-state index is 0.0444. The molecular formula is C25H24FN3O4S. The lowest BCUT2D eigenvalue weighted by Gasteiger charge is -2.40. The van der Waals surface area contributed by atoms with Crippen LogP contribution < -0.4 is 9.47 Å². The highest BCUT2D eigenvalue weighted by Gasteiger charge is 2.36. The van der Waals surface area contributed by atoms with E-state index in [1.54, 1.807) is 7.11 Å². The van der Waals surface area contributed by atoms with Gasteiger partial charge >= 0.3 is 0 Å². The first-order valence-electron chi connectivity index (χ1n) is 10.9. The molecule has 1 fully saturated rings. The molecular weight excluding hydrogens is 457 g/mol. The topological polar surface area (TPSA) is 71.4 Å². The van der Waals surface area contributed by atoms with E-state index in [0.29, 0.717) is 41.9 Å². The van der Waals surface area contributed by atoms with Gasteiger partial charge in [-0.25, -0.2) is 17.8 Å². The normalized spacial score (nSPS) is 18.3. The molecule has 34 heavy (non-hydrogen) atoms. The third kappa shape index (κ3) is 3.91. The Labute approximate surface area is 198 Å². The van der Waals surface area contributed by atoms with Gasteiger partial charge in [0.05, 0.1) is 17.6 Å². The molecule has 0 N–H and O–H groups in total. The summed E-state index contributed by atoms with van der Waals surface area (Å²) in [7, 11) is -2.24. The number of halogens is 1. The summed E-state index contributed by atoms with van der Waals surface area (Å²) in [6, 6.07) is 17.9. The van der Waals surface area contributed by atoms with Crippen molar-refractivity contribution in [3.8, 4) is 17.2 Å². The van der Waals surface area contributed by atoms with Crippen molar-refractivity contribution >= 4 is 21.5 Å². The zero-order chi connectivity index (χ0) is 23.9. The van der Waals surface area contributed by atoms with E-state index >= 15 is 0 Å². The summed E-state index contributed by atoms with van der Waals surface area (Å²) in [6.07, 6.45) is 0. The van der Waals surface area contributed by atoms with Gasteiger partial charge in [-0.3, -0.25) is 0 Å². The summed E-state index contributed by atoms with van der Waals surface area (Å²) in [5.41, 5.74) is 1.45. The standard InChI is InChI=1S/C25H24FN3O4S/c1-17-16-28(13-14-29(17)34(30,31)19-8-5-7-18(26)15-19)25-20-9-6-12-23(32-2)24(20)33-22-11-4-3-10-21(22)27-25/h3-12,15,17H,13-14,16H2,1-2H3/t17-/m1/s1. The molecule has 7 nitrogen and oxygen atoms in total. The fraction of sp³-hybridized carbons (Fsp3) is 0.240. The first-order valence-corrected chi connectivity index (χ1v) is 12.4. The van der Waals surface area contributed by atoms with Crippen LogP contribution in [0.25, 0.3) is 0 Å². The summed E-state index contributed by atoms with van der Waals surface area (Å²) in [5, 5.41) is 0. The average Bonchev–Trinajstić information content (AvgIpc) is 3.00. The highest BCUT2D eigenvalue weighted by molar-refractivity contribution is 7.89. The molecule has 0 aliphatic carbocycles. The van der Waals surface area contributed by atoms with Gasteiger partial charge in [0, 0.05) is 25.7 Å². The first kappa shape index (κ1) is 22.4. The molecule has 0 radical (unpaired) electrons. The molecule has 0 spiro atoms. The molecule has 0 saturated carbocycles. The van der Waals surface area contributed by atoms with Gasteiger partial charge in [-0.1, -0.05) is 24.3 Å². The fourth-order valence-electron chi connectivity index (χ4n) is 4.37. The van der Waals surface area contributed by atoms with Crippen LogP contribution in [0.4, 0.5) is 10.1 Å². The van der Waals surface area contributed by atoms with Crippen LogP contribution in [0.3, 0.4) is 0 Å². The Kier molecular flexibility index (Phi) is 5.75. The van der Waals surface area contributed by atoms with Crippen LogP contribution in [0.2, 0.25) is 0 Å². The van der Waals surface area contributed by atoms with Crippen molar-refractivity contribution in [3.63, 3.8) is 0 Å². The van der Waals surface area contributed by atoms with Gasteiger partial charge < -0.3 is 14.4 Å². The quantitative estimate of drug-likeness (QED) is 0.554.